The van der Waals surface area contributed by atoms with Crippen molar-refractivity contribution in [3.8, 4) is 0 Å². The number of aromatic nitrogens is 1. The standard InChI is InChI=1S/C20H18N2O6/c1-12(23)14-7-9-15(10-8-14)21-19(25)13(2)27-18(24)11-22-16-5-3-4-6-17(16)28-20(22)26/h3-10,13H,11H2,1-2H3,(H,21,25)/t13-/m1/s1. The highest BCUT2D eigenvalue weighted by molar-refractivity contribution is 5.97. The average Bonchev–Trinajstić information content (AvgIpc) is 2.97. The molecule has 8 heteroatoms. The van der Waals surface area contributed by atoms with Crippen LogP contribution in [0.15, 0.2) is 57.7 Å². The molecule has 0 unspecified atom stereocenters. The molecule has 0 aliphatic rings. The normalized spacial score (nSPS) is 11.8. The lowest BCUT2D eigenvalue weighted by Crippen LogP contribution is -2.32. The first-order chi connectivity index (χ1) is 13.3. The summed E-state index contributed by atoms with van der Waals surface area (Å²) in [7, 11) is 0. The number of oxazole rings is 1. The number of fused-ring (bicyclic) bond motifs is 1. The second-order valence-corrected chi connectivity index (χ2v) is 6.18. The van der Waals surface area contributed by atoms with Gasteiger partial charge in [0.05, 0.1) is 5.52 Å². The largest absolute Gasteiger partial charge is 0.451 e. The number of anilines is 1. The van der Waals surface area contributed by atoms with Crippen LogP contribution in [0.2, 0.25) is 0 Å². The van der Waals surface area contributed by atoms with Crippen LogP contribution in [0.25, 0.3) is 11.1 Å². The van der Waals surface area contributed by atoms with Gasteiger partial charge in [0.15, 0.2) is 17.5 Å². The number of hydrogen-bond donors (Lipinski definition) is 1. The highest BCUT2D eigenvalue weighted by Gasteiger charge is 2.20. The van der Waals surface area contributed by atoms with Crippen LogP contribution < -0.4 is 11.1 Å². The molecule has 1 atom stereocenters. The number of benzene rings is 2. The Kier molecular flexibility index (Phi) is 5.39. The summed E-state index contributed by atoms with van der Waals surface area (Å²) in [5.74, 6) is -2.04. The molecule has 1 N–H and O–H groups in total. The van der Waals surface area contributed by atoms with Crippen molar-refractivity contribution in [2.75, 3.05) is 5.32 Å². The Balaban J connectivity index is 1.61. The summed E-state index contributed by atoms with van der Waals surface area (Å²) < 4.78 is 11.3. The molecule has 0 fully saturated rings. The van der Waals surface area contributed by atoms with Crippen LogP contribution in [0.3, 0.4) is 0 Å². The van der Waals surface area contributed by atoms with Gasteiger partial charge in [-0.15, -0.1) is 0 Å². The third-order valence-corrected chi connectivity index (χ3v) is 4.10. The lowest BCUT2D eigenvalue weighted by molar-refractivity contribution is -0.153. The van der Waals surface area contributed by atoms with E-state index in [1.54, 1.807) is 48.5 Å². The molecular weight excluding hydrogens is 364 g/mol. The number of ketones is 1. The van der Waals surface area contributed by atoms with Crippen molar-refractivity contribution in [2.24, 2.45) is 0 Å². The molecule has 28 heavy (non-hydrogen) atoms. The summed E-state index contributed by atoms with van der Waals surface area (Å²) in [4.78, 5) is 47.5. The second-order valence-electron chi connectivity index (χ2n) is 6.18. The molecule has 0 radical (unpaired) electrons. The van der Waals surface area contributed by atoms with E-state index in [4.69, 9.17) is 9.15 Å². The van der Waals surface area contributed by atoms with E-state index in [0.29, 0.717) is 22.4 Å². The molecule has 1 amide bonds. The SMILES string of the molecule is CC(=O)c1ccc(NC(=O)[C@@H](C)OC(=O)Cn2c(=O)oc3ccccc32)cc1. The van der Waals surface area contributed by atoms with E-state index in [1.807, 2.05) is 0 Å². The van der Waals surface area contributed by atoms with Gasteiger partial charge >= 0.3 is 11.7 Å². The molecule has 1 heterocycles. The molecule has 1 aromatic heterocycles. The summed E-state index contributed by atoms with van der Waals surface area (Å²) in [5, 5.41) is 2.60. The molecule has 0 saturated carbocycles. The minimum Gasteiger partial charge on any atom is -0.451 e. The number of carbonyl (C=O) groups is 3. The number of nitrogens with one attached hydrogen (secondary N) is 1. The van der Waals surface area contributed by atoms with Crippen LogP contribution in [-0.4, -0.2) is 28.3 Å². The number of hydrogen-bond acceptors (Lipinski definition) is 6. The van der Waals surface area contributed by atoms with Crippen LogP contribution in [0.4, 0.5) is 5.69 Å². The fourth-order valence-corrected chi connectivity index (χ4v) is 2.61. The van der Waals surface area contributed by atoms with Gasteiger partial charge in [-0.25, -0.2) is 4.79 Å². The zero-order valence-electron chi connectivity index (χ0n) is 15.3. The number of para-hydroxylation sites is 2. The summed E-state index contributed by atoms with van der Waals surface area (Å²) in [6.07, 6.45) is -1.08. The van der Waals surface area contributed by atoms with Gasteiger partial charge in [-0.05, 0) is 50.2 Å². The van der Waals surface area contributed by atoms with Crippen molar-refractivity contribution in [2.45, 2.75) is 26.5 Å². The topological polar surface area (TPSA) is 108 Å². The highest BCUT2D eigenvalue weighted by atomic mass is 16.5. The zero-order valence-corrected chi connectivity index (χ0v) is 15.3. The van der Waals surface area contributed by atoms with Crippen LogP contribution in [0, 0.1) is 0 Å². The molecule has 3 rings (SSSR count). The number of amides is 1. The van der Waals surface area contributed by atoms with Crippen molar-refractivity contribution >= 4 is 34.4 Å². The monoisotopic (exact) mass is 382 g/mol. The zero-order chi connectivity index (χ0) is 20.3. The summed E-state index contributed by atoms with van der Waals surface area (Å²) in [6, 6.07) is 13.0. The average molecular weight is 382 g/mol. The smallest absolute Gasteiger partial charge is 0.420 e. The van der Waals surface area contributed by atoms with E-state index in [1.165, 1.54) is 13.8 Å². The van der Waals surface area contributed by atoms with E-state index < -0.39 is 23.7 Å². The van der Waals surface area contributed by atoms with E-state index in [0.717, 1.165) is 4.57 Å². The maximum absolute atomic E-state index is 12.2. The lowest BCUT2D eigenvalue weighted by Gasteiger charge is -2.14. The van der Waals surface area contributed by atoms with E-state index in [9.17, 15) is 19.2 Å². The molecule has 8 nitrogen and oxygen atoms in total. The van der Waals surface area contributed by atoms with Crippen molar-refractivity contribution < 1.29 is 23.5 Å². The number of ether oxygens (including phenoxy) is 1. The minimum absolute atomic E-state index is 0.0813. The first-order valence-electron chi connectivity index (χ1n) is 8.55. The summed E-state index contributed by atoms with van der Waals surface area (Å²) in [5.41, 5.74) is 1.82. The molecule has 0 saturated heterocycles. The number of carbonyl (C=O) groups excluding carboxylic acids is 3. The van der Waals surface area contributed by atoms with Crippen molar-refractivity contribution in [3.63, 3.8) is 0 Å². The third-order valence-electron chi connectivity index (χ3n) is 4.10. The molecule has 2 aromatic carbocycles. The Morgan fingerprint density at radius 1 is 1.11 bits per heavy atom. The molecule has 0 aliphatic heterocycles. The Morgan fingerprint density at radius 3 is 2.46 bits per heavy atom. The van der Waals surface area contributed by atoms with Crippen LogP contribution in [0.1, 0.15) is 24.2 Å². The fraction of sp³-hybridized carbons (Fsp3) is 0.200. The molecular formula is C20H18N2O6. The Labute approximate surface area is 159 Å². The summed E-state index contributed by atoms with van der Waals surface area (Å²) >= 11 is 0. The van der Waals surface area contributed by atoms with Gasteiger partial charge in [-0.3, -0.25) is 19.0 Å². The van der Waals surface area contributed by atoms with E-state index in [2.05, 4.69) is 5.32 Å². The first-order valence-corrected chi connectivity index (χ1v) is 8.55. The Hall–Kier alpha value is -3.68. The Bertz CT molecular complexity index is 1090. The molecule has 0 bridgehead atoms. The van der Waals surface area contributed by atoms with Gasteiger partial charge in [0.25, 0.3) is 5.91 Å². The molecule has 144 valence electrons. The third kappa shape index (κ3) is 4.17. The quantitative estimate of drug-likeness (QED) is 0.518. The van der Waals surface area contributed by atoms with Crippen molar-refractivity contribution in [1.29, 1.82) is 0 Å². The first kappa shape index (κ1) is 19.1. The summed E-state index contributed by atoms with van der Waals surface area (Å²) in [6.45, 7) is 2.50. The van der Waals surface area contributed by atoms with Gasteiger partial charge in [0, 0.05) is 11.3 Å². The minimum atomic E-state index is -1.08. The lowest BCUT2D eigenvalue weighted by atomic mass is 10.1. The van der Waals surface area contributed by atoms with Gasteiger partial charge in [-0.1, -0.05) is 12.1 Å². The van der Waals surface area contributed by atoms with Gasteiger partial charge < -0.3 is 14.5 Å². The number of Topliss-reactive ketones (excluding diaryl/α,β-unsaturated/α-hetero) is 1. The van der Waals surface area contributed by atoms with Gasteiger partial charge in [0.1, 0.15) is 6.54 Å². The maximum atomic E-state index is 12.2. The predicted molar refractivity (Wildman–Crippen MR) is 101 cm³/mol. The van der Waals surface area contributed by atoms with Gasteiger partial charge in [-0.2, -0.15) is 0 Å². The second kappa shape index (κ2) is 7.91. The molecule has 0 aliphatic carbocycles. The number of rotatable bonds is 6. The number of esters is 1. The molecule has 0 spiro atoms. The predicted octanol–water partition coefficient (Wildman–Crippen LogP) is 2.37. The maximum Gasteiger partial charge on any atom is 0.420 e. The van der Waals surface area contributed by atoms with Crippen LogP contribution in [-0.2, 0) is 20.9 Å². The number of nitrogens with zero attached hydrogens (tertiary/aromatic N) is 1. The molecule has 3 aromatic rings. The Morgan fingerprint density at radius 2 is 1.79 bits per heavy atom. The fourth-order valence-electron chi connectivity index (χ4n) is 2.61. The van der Waals surface area contributed by atoms with Crippen LogP contribution in [0.5, 0.6) is 0 Å². The highest BCUT2D eigenvalue weighted by Crippen LogP contribution is 2.13. The van der Waals surface area contributed by atoms with E-state index in [-0.39, 0.29) is 12.3 Å². The van der Waals surface area contributed by atoms with E-state index >= 15 is 0 Å². The van der Waals surface area contributed by atoms with Crippen LogP contribution >= 0.6 is 0 Å². The van der Waals surface area contributed by atoms with Gasteiger partial charge in [0.2, 0.25) is 0 Å². The van der Waals surface area contributed by atoms with Crippen molar-refractivity contribution in [3.05, 3.63) is 64.6 Å². The van der Waals surface area contributed by atoms with Crippen molar-refractivity contribution in [1.82, 2.24) is 4.57 Å².